The minimum atomic E-state index is -0.0631. The average molecular weight is 375 g/mol. The van der Waals surface area contributed by atoms with Gasteiger partial charge in [-0.05, 0) is 67.3 Å². The molecular formula is C21H24Cl2N2. The maximum Gasteiger partial charge on any atom is 0.0961 e. The van der Waals surface area contributed by atoms with Crippen molar-refractivity contribution in [2.75, 3.05) is 25.0 Å². The van der Waals surface area contributed by atoms with Gasteiger partial charge in [0.15, 0.2) is 0 Å². The number of hydrogen-bond acceptors (Lipinski definition) is 2. The third-order valence-electron chi connectivity index (χ3n) is 5.53. The summed E-state index contributed by atoms with van der Waals surface area (Å²) in [6, 6.07) is 15.2. The van der Waals surface area contributed by atoms with Crippen LogP contribution in [0.2, 0.25) is 5.02 Å². The number of likely N-dealkylation sites (N-methyl/N-ethyl adjacent to an activating group) is 1. The fourth-order valence-electron chi connectivity index (χ4n) is 4.14. The van der Waals surface area contributed by atoms with Gasteiger partial charge in [0.1, 0.15) is 0 Å². The van der Waals surface area contributed by atoms with Crippen molar-refractivity contribution < 1.29 is 0 Å². The molecule has 0 spiro atoms. The Balaban J connectivity index is 1.67. The molecule has 1 fully saturated rings. The molecule has 2 nitrogen and oxygen atoms in total. The maximum atomic E-state index is 6.81. The lowest BCUT2D eigenvalue weighted by molar-refractivity contribution is 0.262. The molecule has 132 valence electrons. The van der Waals surface area contributed by atoms with Gasteiger partial charge in [-0.15, -0.1) is 11.6 Å². The van der Waals surface area contributed by atoms with E-state index >= 15 is 0 Å². The number of rotatable bonds is 2. The molecule has 2 aliphatic heterocycles. The highest BCUT2D eigenvalue weighted by molar-refractivity contribution is 6.30. The quantitative estimate of drug-likeness (QED) is 0.507. The standard InChI is InChI=1S/C21H24Cl2N2/c1-24-14-16-5-8-17(22)13-19(16)20(21(24)23)15-6-9-18(10-7-15)25-11-3-2-4-12-25/h5-10,13,20-21H,2-4,11-12,14H2,1H3. The number of hydrogen-bond donors (Lipinski definition) is 0. The normalized spacial score (nSPS) is 24.2. The van der Waals surface area contributed by atoms with E-state index in [9.17, 15) is 0 Å². The second-order valence-corrected chi connectivity index (χ2v) is 8.13. The van der Waals surface area contributed by atoms with Crippen molar-refractivity contribution in [2.24, 2.45) is 0 Å². The molecule has 2 aromatic rings. The molecular weight excluding hydrogens is 351 g/mol. The first-order valence-electron chi connectivity index (χ1n) is 9.11. The molecule has 0 aliphatic carbocycles. The molecule has 0 amide bonds. The van der Waals surface area contributed by atoms with E-state index in [1.807, 2.05) is 6.07 Å². The van der Waals surface area contributed by atoms with Gasteiger partial charge in [0.25, 0.3) is 0 Å². The van der Waals surface area contributed by atoms with Crippen LogP contribution >= 0.6 is 23.2 Å². The van der Waals surface area contributed by atoms with Crippen LogP contribution in [-0.4, -0.2) is 30.5 Å². The zero-order chi connectivity index (χ0) is 17.4. The number of benzene rings is 2. The van der Waals surface area contributed by atoms with E-state index in [0.29, 0.717) is 0 Å². The van der Waals surface area contributed by atoms with Crippen molar-refractivity contribution in [3.63, 3.8) is 0 Å². The lowest BCUT2D eigenvalue weighted by atomic mass is 9.84. The summed E-state index contributed by atoms with van der Waals surface area (Å²) in [5, 5.41) is 0.780. The molecule has 2 aromatic carbocycles. The van der Waals surface area contributed by atoms with E-state index in [1.54, 1.807) is 0 Å². The molecule has 0 N–H and O–H groups in total. The van der Waals surface area contributed by atoms with Crippen LogP contribution in [0, 0.1) is 0 Å². The van der Waals surface area contributed by atoms with Crippen LogP contribution in [0.1, 0.15) is 41.9 Å². The Morgan fingerprint density at radius 1 is 0.960 bits per heavy atom. The Hall–Kier alpha value is -1.22. The Bertz CT molecular complexity index is 738. The van der Waals surface area contributed by atoms with E-state index in [0.717, 1.165) is 11.6 Å². The molecule has 0 saturated carbocycles. The summed E-state index contributed by atoms with van der Waals surface area (Å²) in [7, 11) is 2.09. The summed E-state index contributed by atoms with van der Waals surface area (Å²) in [5.41, 5.74) is 5.10. The van der Waals surface area contributed by atoms with Crippen LogP contribution in [0.4, 0.5) is 5.69 Å². The minimum absolute atomic E-state index is 0.0631. The predicted octanol–water partition coefficient (Wildman–Crippen LogP) is 5.47. The minimum Gasteiger partial charge on any atom is -0.372 e. The first-order chi connectivity index (χ1) is 12.1. The number of anilines is 1. The first-order valence-corrected chi connectivity index (χ1v) is 9.92. The summed E-state index contributed by atoms with van der Waals surface area (Å²) in [5.74, 6) is 0.143. The predicted molar refractivity (Wildman–Crippen MR) is 107 cm³/mol. The maximum absolute atomic E-state index is 6.81. The van der Waals surface area contributed by atoms with Gasteiger partial charge < -0.3 is 4.90 Å². The Labute approximate surface area is 160 Å². The van der Waals surface area contributed by atoms with Gasteiger partial charge in [0.2, 0.25) is 0 Å². The molecule has 2 unspecified atom stereocenters. The molecule has 2 aliphatic rings. The van der Waals surface area contributed by atoms with E-state index < -0.39 is 0 Å². The Morgan fingerprint density at radius 2 is 1.68 bits per heavy atom. The molecule has 0 radical (unpaired) electrons. The average Bonchev–Trinajstić information content (AvgIpc) is 2.64. The number of halogens is 2. The van der Waals surface area contributed by atoms with Crippen LogP contribution in [0.5, 0.6) is 0 Å². The van der Waals surface area contributed by atoms with E-state index in [4.69, 9.17) is 23.2 Å². The van der Waals surface area contributed by atoms with Gasteiger partial charge in [-0.2, -0.15) is 0 Å². The number of piperidine rings is 1. The lowest BCUT2D eigenvalue weighted by Crippen LogP contribution is -2.37. The number of alkyl halides is 1. The molecule has 2 atom stereocenters. The van der Waals surface area contributed by atoms with Crippen molar-refractivity contribution in [3.05, 3.63) is 64.2 Å². The van der Waals surface area contributed by atoms with Crippen molar-refractivity contribution in [1.29, 1.82) is 0 Å². The second-order valence-electron chi connectivity index (χ2n) is 7.25. The second kappa shape index (κ2) is 7.19. The SMILES string of the molecule is CN1Cc2ccc(Cl)cc2C(c2ccc(N3CCCCC3)cc2)C1Cl. The fourth-order valence-corrected chi connectivity index (χ4v) is 4.67. The van der Waals surface area contributed by atoms with Crippen molar-refractivity contribution in [3.8, 4) is 0 Å². The molecule has 2 heterocycles. The summed E-state index contributed by atoms with van der Waals surface area (Å²) >= 11 is 13.1. The van der Waals surface area contributed by atoms with Crippen LogP contribution in [0.15, 0.2) is 42.5 Å². The van der Waals surface area contributed by atoms with Gasteiger partial charge in [-0.1, -0.05) is 29.8 Å². The van der Waals surface area contributed by atoms with Crippen molar-refractivity contribution in [2.45, 2.75) is 37.2 Å². The van der Waals surface area contributed by atoms with Crippen molar-refractivity contribution in [1.82, 2.24) is 4.90 Å². The third kappa shape index (κ3) is 3.40. The molecule has 1 saturated heterocycles. The summed E-state index contributed by atoms with van der Waals surface area (Å²) in [6.45, 7) is 3.20. The Kier molecular flexibility index (Phi) is 4.95. The topological polar surface area (TPSA) is 6.48 Å². The summed E-state index contributed by atoms with van der Waals surface area (Å²) < 4.78 is 0. The molecule has 4 rings (SSSR count). The number of nitrogens with zero attached hydrogens (tertiary/aromatic N) is 2. The third-order valence-corrected chi connectivity index (χ3v) is 6.35. The summed E-state index contributed by atoms with van der Waals surface area (Å²) in [4.78, 5) is 4.70. The van der Waals surface area contributed by atoms with Crippen LogP contribution in [-0.2, 0) is 6.54 Å². The number of fused-ring (bicyclic) bond motifs is 1. The largest absolute Gasteiger partial charge is 0.372 e. The first kappa shape index (κ1) is 17.2. The smallest absolute Gasteiger partial charge is 0.0961 e. The highest BCUT2D eigenvalue weighted by Crippen LogP contribution is 2.40. The zero-order valence-electron chi connectivity index (χ0n) is 14.6. The van der Waals surface area contributed by atoms with Gasteiger partial charge in [-0.3, -0.25) is 4.90 Å². The molecule has 0 bridgehead atoms. The summed E-state index contributed by atoms with van der Waals surface area (Å²) in [6.07, 6.45) is 3.95. The molecule has 4 heteroatoms. The van der Waals surface area contributed by atoms with Crippen LogP contribution in [0.25, 0.3) is 0 Å². The Morgan fingerprint density at radius 3 is 2.40 bits per heavy atom. The zero-order valence-corrected chi connectivity index (χ0v) is 16.1. The monoisotopic (exact) mass is 374 g/mol. The lowest BCUT2D eigenvalue weighted by Gasteiger charge is -2.37. The fraction of sp³-hybridized carbons (Fsp3) is 0.429. The van der Waals surface area contributed by atoms with Gasteiger partial charge >= 0.3 is 0 Å². The van der Waals surface area contributed by atoms with Gasteiger partial charge in [-0.25, -0.2) is 0 Å². The van der Waals surface area contributed by atoms with Gasteiger partial charge in [0.05, 0.1) is 5.50 Å². The highest BCUT2D eigenvalue weighted by atomic mass is 35.5. The van der Waals surface area contributed by atoms with E-state index in [-0.39, 0.29) is 11.4 Å². The van der Waals surface area contributed by atoms with Gasteiger partial charge in [0, 0.05) is 36.3 Å². The molecule has 25 heavy (non-hydrogen) atoms. The molecule has 0 aromatic heterocycles. The van der Waals surface area contributed by atoms with Crippen molar-refractivity contribution >= 4 is 28.9 Å². The van der Waals surface area contributed by atoms with Crippen LogP contribution < -0.4 is 4.90 Å². The highest BCUT2D eigenvalue weighted by Gasteiger charge is 2.33. The van der Waals surface area contributed by atoms with Crippen LogP contribution in [0.3, 0.4) is 0 Å². The van der Waals surface area contributed by atoms with E-state index in [1.165, 1.54) is 54.7 Å². The van der Waals surface area contributed by atoms with E-state index in [2.05, 4.69) is 53.2 Å².